The molecule has 1 fully saturated rings. The Morgan fingerprint density at radius 1 is 1.41 bits per heavy atom. The molecule has 0 aliphatic carbocycles. The van der Waals surface area contributed by atoms with E-state index in [0.717, 1.165) is 19.4 Å². The molecule has 0 bridgehead atoms. The average molecular weight is 242 g/mol. The van der Waals surface area contributed by atoms with Gasteiger partial charge < -0.3 is 15.4 Å². The van der Waals surface area contributed by atoms with Crippen molar-refractivity contribution in [3.8, 4) is 0 Å². The van der Waals surface area contributed by atoms with Crippen molar-refractivity contribution >= 4 is 11.9 Å². The molecule has 0 aromatic heterocycles. The van der Waals surface area contributed by atoms with Crippen LogP contribution in [0.25, 0.3) is 0 Å². The number of piperidine rings is 1. The minimum Gasteiger partial charge on any atom is -0.467 e. The highest BCUT2D eigenvalue weighted by Gasteiger charge is 2.34. The first-order valence-corrected chi connectivity index (χ1v) is 6.00. The monoisotopic (exact) mass is 242 g/mol. The molecule has 0 aromatic rings. The third-order valence-corrected chi connectivity index (χ3v) is 3.13. The number of hydrogen-bond acceptors (Lipinski definition) is 4. The Morgan fingerprint density at radius 2 is 2.06 bits per heavy atom. The van der Waals surface area contributed by atoms with Gasteiger partial charge in [0.1, 0.15) is 5.54 Å². The van der Waals surface area contributed by atoms with Gasteiger partial charge in [-0.2, -0.15) is 0 Å². The van der Waals surface area contributed by atoms with Crippen LogP contribution in [0.15, 0.2) is 0 Å². The highest BCUT2D eigenvalue weighted by atomic mass is 16.5. The highest BCUT2D eigenvalue weighted by Crippen LogP contribution is 2.17. The van der Waals surface area contributed by atoms with Gasteiger partial charge in [0.2, 0.25) is 5.91 Å². The molecule has 17 heavy (non-hydrogen) atoms. The molecular formula is C12H22N2O3. The Hall–Kier alpha value is -1.10. The molecule has 1 aliphatic heterocycles. The quantitative estimate of drug-likeness (QED) is 0.705. The summed E-state index contributed by atoms with van der Waals surface area (Å²) in [6, 6.07) is 0.348. The van der Waals surface area contributed by atoms with E-state index in [2.05, 4.69) is 22.3 Å². The first-order valence-electron chi connectivity index (χ1n) is 6.00. The fraction of sp³-hybridized carbons (Fsp3) is 0.833. The zero-order chi connectivity index (χ0) is 13.1. The van der Waals surface area contributed by atoms with Gasteiger partial charge in [-0.05, 0) is 40.2 Å². The first kappa shape index (κ1) is 14.0. The van der Waals surface area contributed by atoms with E-state index in [1.54, 1.807) is 13.8 Å². The van der Waals surface area contributed by atoms with E-state index in [9.17, 15) is 9.59 Å². The molecule has 1 rings (SSSR count). The third-order valence-electron chi connectivity index (χ3n) is 3.13. The summed E-state index contributed by atoms with van der Waals surface area (Å²) in [5, 5.41) is 6.05. The second kappa shape index (κ2) is 5.49. The van der Waals surface area contributed by atoms with Crippen LogP contribution in [0.3, 0.4) is 0 Å². The van der Waals surface area contributed by atoms with Crippen molar-refractivity contribution in [3.05, 3.63) is 0 Å². The minimum absolute atomic E-state index is 0.0184. The van der Waals surface area contributed by atoms with Crippen molar-refractivity contribution in [2.45, 2.75) is 45.2 Å². The van der Waals surface area contributed by atoms with Gasteiger partial charge in [-0.1, -0.05) is 0 Å². The van der Waals surface area contributed by atoms with Crippen molar-refractivity contribution in [1.29, 1.82) is 0 Å². The Morgan fingerprint density at radius 3 is 2.59 bits per heavy atom. The van der Waals surface area contributed by atoms with Crippen LogP contribution in [0, 0.1) is 5.92 Å². The average Bonchev–Trinajstić information content (AvgIpc) is 2.27. The van der Waals surface area contributed by atoms with Crippen LogP contribution in [-0.4, -0.2) is 37.1 Å². The van der Waals surface area contributed by atoms with Gasteiger partial charge in [-0.3, -0.25) is 4.79 Å². The summed E-state index contributed by atoms with van der Waals surface area (Å²) in [6.45, 7) is 6.21. The van der Waals surface area contributed by atoms with E-state index in [1.165, 1.54) is 7.11 Å². The van der Waals surface area contributed by atoms with Crippen molar-refractivity contribution in [2.24, 2.45) is 5.92 Å². The molecule has 98 valence electrons. The molecule has 0 aromatic carbocycles. The summed E-state index contributed by atoms with van der Waals surface area (Å²) in [6.07, 6.45) is 1.62. The number of rotatable bonds is 3. The molecule has 0 saturated carbocycles. The molecule has 0 spiro atoms. The van der Waals surface area contributed by atoms with Crippen LogP contribution in [-0.2, 0) is 14.3 Å². The van der Waals surface area contributed by atoms with Gasteiger partial charge in [0.05, 0.1) is 7.11 Å². The smallest absolute Gasteiger partial charge is 0.330 e. The minimum atomic E-state index is -0.958. The maximum absolute atomic E-state index is 12.0. The van der Waals surface area contributed by atoms with Crippen molar-refractivity contribution in [1.82, 2.24) is 10.6 Å². The Balaban J connectivity index is 2.56. The Labute approximate surface area is 102 Å². The molecule has 1 amide bonds. The van der Waals surface area contributed by atoms with E-state index in [4.69, 9.17) is 0 Å². The van der Waals surface area contributed by atoms with Gasteiger partial charge in [0, 0.05) is 12.0 Å². The van der Waals surface area contributed by atoms with Gasteiger partial charge in [-0.15, -0.1) is 0 Å². The topological polar surface area (TPSA) is 67.4 Å². The molecule has 5 nitrogen and oxygen atoms in total. The van der Waals surface area contributed by atoms with Crippen LogP contribution >= 0.6 is 0 Å². The molecule has 0 radical (unpaired) electrons. The predicted molar refractivity (Wildman–Crippen MR) is 64.4 cm³/mol. The van der Waals surface area contributed by atoms with Crippen LogP contribution in [0.2, 0.25) is 0 Å². The van der Waals surface area contributed by atoms with E-state index in [-0.39, 0.29) is 11.8 Å². The summed E-state index contributed by atoms with van der Waals surface area (Å²) in [5.74, 6) is -0.503. The van der Waals surface area contributed by atoms with E-state index < -0.39 is 11.5 Å². The summed E-state index contributed by atoms with van der Waals surface area (Å²) in [7, 11) is 1.32. The van der Waals surface area contributed by atoms with Gasteiger partial charge >= 0.3 is 5.97 Å². The number of esters is 1. The zero-order valence-electron chi connectivity index (χ0n) is 11.0. The Kier molecular flexibility index (Phi) is 4.51. The maximum Gasteiger partial charge on any atom is 0.330 e. The fourth-order valence-corrected chi connectivity index (χ4v) is 2.09. The summed E-state index contributed by atoms with van der Waals surface area (Å²) in [4.78, 5) is 23.5. The number of amides is 1. The number of methoxy groups -OCH3 is 1. The van der Waals surface area contributed by atoms with Crippen LogP contribution in [0.1, 0.15) is 33.6 Å². The predicted octanol–water partition coefficient (Wildman–Crippen LogP) is 0.442. The van der Waals surface area contributed by atoms with Gasteiger partial charge in [0.15, 0.2) is 0 Å². The number of carbonyl (C=O) groups excluding carboxylic acids is 2. The van der Waals surface area contributed by atoms with Crippen molar-refractivity contribution in [3.63, 3.8) is 0 Å². The van der Waals surface area contributed by atoms with Gasteiger partial charge in [0.25, 0.3) is 0 Å². The molecule has 1 heterocycles. The van der Waals surface area contributed by atoms with Crippen molar-refractivity contribution in [2.75, 3.05) is 13.7 Å². The van der Waals surface area contributed by atoms with E-state index >= 15 is 0 Å². The molecule has 2 N–H and O–H groups in total. The van der Waals surface area contributed by atoms with Crippen molar-refractivity contribution < 1.29 is 14.3 Å². The first-order chi connectivity index (χ1) is 7.86. The lowest BCUT2D eigenvalue weighted by Gasteiger charge is -2.30. The lowest BCUT2D eigenvalue weighted by atomic mass is 9.91. The fourth-order valence-electron chi connectivity index (χ4n) is 2.09. The third kappa shape index (κ3) is 3.70. The largest absolute Gasteiger partial charge is 0.467 e. The highest BCUT2D eigenvalue weighted by molar-refractivity contribution is 5.88. The number of nitrogens with one attached hydrogen (secondary N) is 2. The van der Waals surface area contributed by atoms with Crippen LogP contribution < -0.4 is 10.6 Å². The number of ether oxygens (including phenoxy) is 1. The lowest BCUT2D eigenvalue weighted by Crippen LogP contribution is -2.53. The summed E-state index contributed by atoms with van der Waals surface area (Å²) < 4.78 is 4.66. The number of carbonyl (C=O) groups is 2. The lowest BCUT2D eigenvalue weighted by molar-refractivity contribution is -0.150. The molecule has 5 heteroatoms. The number of hydrogen-bond donors (Lipinski definition) is 2. The summed E-state index contributed by atoms with van der Waals surface area (Å²) >= 11 is 0. The van der Waals surface area contributed by atoms with E-state index in [1.807, 2.05) is 0 Å². The molecule has 1 aliphatic rings. The zero-order valence-corrected chi connectivity index (χ0v) is 11.0. The van der Waals surface area contributed by atoms with Crippen LogP contribution in [0.4, 0.5) is 0 Å². The second-order valence-corrected chi connectivity index (χ2v) is 5.18. The second-order valence-electron chi connectivity index (χ2n) is 5.18. The van der Waals surface area contributed by atoms with E-state index in [0.29, 0.717) is 6.04 Å². The molecule has 2 unspecified atom stereocenters. The molecule has 1 saturated heterocycles. The van der Waals surface area contributed by atoms with Gasteiger partial charge in [-0.25, -0.2) is 4.79 Å². The maximum atomic E-state index is 12.0. The normalized spacial score (nSPS) is 25.2. The SMILES string of the molecule is COC(=O)C(C)(C)NC(=O)C1CCNC(C)C1. The van der Waals surface area contributed by atoms with Crippen LogP contribution in [0.5, 0.6) is 0 Å². The Bertz CT molecular complexity index is 302. The summed E-state index contributed by atoms with van der Waals surface area (Å²) in [5.41, 5.74) is -0.958. The molecular weight excluding hydrogens is 220 g/mol. The molecule has 2 atom stereocenters. The standard InChI is InChI=1S/C12H22N2O3/c1-8-7-9(5-6-13-8)10(15)14-12(2,3)11(16)17-4/h8-9,13H,5-7H2,1-4H3,(H,14,15).